The van der Waals surface area contributed by atoms with Gasteiger partial charge in [-0.15, -0.1) is 5.10 Å². The van der Waals surface area contributed by atoms with Crippen LogP contribution < -0.4 is 5.73 Å². The molecular weight excluding hydrogens is 246 g/mol. The van der Waals surface area contributed by atoms with Crippen LogP contribution in [0.15, 0.2) is 0 Å². The van der Waals surface area contributed by atoms with Gasteiger partial charge in [-0.25, -0.2) is 0 Å². The molecule has 2 N–H and O–H groups in total. The number of hydrogen-bond acceptors (Lipinski definition) is 5. The number of aromatic nitrogens is 2. The minimum Gasteiger partial charge on any atom is -0.381 e. The summed E-state index contributed by atoms with van der Waals surface area (Å²) >= 11 is 1.46. The van der Waals surface area contributed by atoms with E-state index in [0.717, 1.165) is 43.0 Å². The topological polar surface area (TPSA) is 61.0 Å². The summed E-state index contributed by atoms with van der Waals surface area (Å²) in [5, 5.41) is 4.27. The Morgan fingerprint density at radius 1 is 1.39 bits per heavy atom. The maximum absolute atomic E-state index is 6.36. The first-order valence-electron chi connectivity index (χ1n) is 6.64. The van der Waals surface area contributed by atoms with Gasteiger partial charge in [-0.1, -0.05) is 25.3 Å². The van der Waals surface area contributed by atoms with Crippen LogP contribution >= 0.6 is 11.5 Å². The van der Waals surface area contributed by atoms with Crippen molar-refractivity contribution in [3.8, 4) is 0 Å². The Kier molecular flexibility index (Phi) is 4.35. The Morgan fingerprint density at radius 3 is 2.67 bits per heavy atom. The van der Waals surface area contributed by atoms with Crippen molar-refractivity contribution in [1.82, 2.24) is 9.59 Å². The fraction of sp³-hybridized carbons (Fsp3) is 0.846. The third-order valence-corrected chi connectivity index (χ3v) is 4.34. The summed E-state index contributed by atoms with van der Waals surface area (Å²) in [6.07, 6.45) is 3.28. The predicted octanol–water partition coefficient (Wildman–Crippen LogP) is 2.65. The zero-order valence-corrected chi connectivity index (χ0v) is 12.3. The Bertz CT molecular complexity index is 380. The number of rotatable bonds is 3. The molecule has 0 aliphatic carbocycles. The van der Waals surface area contributed by atoms with Crippen molar-refractivity contribution in [2.24, 2.45) is 11.7 Å². The van der Waals surface area contributed by atoms with Crippen molar-refractivity contribution in [2.75, 3.05) is 13.2 Å². The van der Waals surface area contributed by atoms with Gasteiger partial charge in [-0.2, -0.15) is 0 Å². The van der Waals surface area contributed by atoms with E-state index in [4.69, 9.17) is 10.5 Å². The van der Waals surface area contributed by atoms with Crippen LogP contribution in [0.4, 0.5) is 0 Å². The van der Waals surface area contributed by atoms with Crippen LogP contribution in [-0.4, -0.2) is 22.8 Å². The van der Waals surface area contributed by atoms with Crippen LogP contribution in [0.5, 0.6) is 0 Å². The van der Waals surface area contributed by atoms with Gasteiger partial charge in [0.25, 0.3) is 0 Å². The van der Waals surface area contributed by atoms with Gasteiger partial charge in [0.1, 0.15) is 0 Å². The Labute approximate surface area is 113 Å². The van der Waals surface area contributed by atoms with Gasteiger partial charge in [0, 0.05) is 24.7 Å². The Balaban J connectivity index is 2.04. The van der Waals surface area contributed by atoms with Crippen molar-refractivity contribution < 1.29 is 4.74 Å². The molecule has 0 radical (unpaired) electrons. The Hall–Kier alpha value is -0.520. The molecule has 102 valence electrons. The normalized spacial score (nSPS) is 20.0. The van der Waals surface area contributed by atoms with E-state index in [1.54, 1.807) is 0 Å². The number of nitrogens with two attached hydrogens (primary N) is 1. The summed E-state index contributed by atoms with van der Waals surface area (Å²) in [4.78, 5) is 1.16. The first-order valence-corrected chi connectivity index (χ1v) is 7.42. The second-order valence-electron chi connectivity index (χ2n) is 6.13. The van der Waals surface area contributed by atoms with E-state index >= 15 is 0 Å². The smallest absolute Gasteiger partial charge is 0.0856 e. The summed E-state index contributed by atoms with van der Waals surface area (Å²) < 4.78 is 9.48. The number of ether oxygens (including phenoxy) is 1. The molecule has 1 aromatic heterocycles. The van der Waals surface area contributed by atoms with E-state index in [0.29, 0.717) is 5.92 Å². The maximum Gasteiger partial charge on any atom is 0.0856 e. The molecular formula is C13H23N3OS. The van der Waals surface area contributed by atoms with E-state index in [-0.39, 0.29) is 11.5 Å². The molecule has 0 aromatic carbocycles. The molecule has 1 aliphatic rings. The lowest BCUT2D eigenvalue weighted by Gasteiger charge is -2.25. The summed E-state index contributed by atoms with van der Waals surface area (Å²) in [5.74, 6) is 0.684. The van der Waals surface area contributed by atoms with E-state index in [1.807, 2.05) is 0 Å². The molecule has 1 fully saturated rings. The summed E-state index contributed by atoms with van der Waals surface area (Å²) in [7, 11) is 0. The molecule has 5 heteroatoms. The average molecular weight is 269 g/mol. The molecule has 1 atom stereocenters. The van der Waals surface area contributed by atoms with Crippen LogP contribution in [0, 0.1) is 5.92 Å². The van der Waals surface area contributed by atoms with Crippen molar-refractivity contribution >= 4 is 11.5 Å². The van der Waals surface area contributed by atoms with Crippen LogP contribution in [-0.2, 0) is 10.2 Å². The van der Waals surface area contributed by atoms with Crippen LogP contribution in [0.2, 0.25) is 0 Å². The molecule has 0 amide bonds. The highest BCUT2D eigenvalue weighted by Crippen LogP contribution is 2.33. The molecule has 18 heavy (non-hydrogen) atoms. The average Bonchev–Trinajstić information content (AvgIpc) is 2.79. The lowest BCUT2D eigenvalue weighted by Crippen LogP contribution is -2.23. The highest BCUT2D eigenvalue weighted by Gasteiger charge is 2.27. The predicted molar refractivity (Wildman–Crippen MR) is 73.7 cm³/mol. The van der Waals surface area contributed by atoms with Crippen molar-refractivity contribution in [3.05, 3.63) is 10.6 Å². The summed E-state index contributed by atoms with van der Waals surface area (Å²) in [6.45, 7) is 8.24. The number of nitrogens with zero attached hydrogens (tertiary/aromatic N) is 2. The standard InChI is InChI=1S/C13H23N3OS/c1-13(2,3)12-11(18-16-15-12)10(14)8-9-4-6-17-7-5-9/h9-10H,4-8,14H2,1-3H3. The largest absolute Gasteiger partial charge is 0.381 e. The molecule has 1 aliphatic heterocycles. The van der Waals surface area contributed by atoms with E-state index < -0.39 is 0 Å². The van der Waals surface area contributed by atoms with Crippen LogP contribution in [0.25, 0.3) is 0 Å². The maximum atomic E-state index is 6.36. The molecule has 4 nitrogen and oxygen atoms in total. The van der Waals surface area contributed by atoms with E-state index in [1.165, 1.54) is 11.5 Å². The summed E-state index contributed by atoms with van der Waals surface area (Å²) in [5.41, 5.74) is 7.44. The zero-order chi connectivity index (χ0) is 13.2. The second-order valence-corrected chi connectivity index (χ2v) is 6.92. The molecule has 0 spiro atoms. The quantitative estimate of drug-likeness (QED) is 0.916. The van der Waals surface area contributed by atoms with Crippen molar-refractivity contribution in [2.45, 2.75) is 51.5 Å². The van der Waals surface area contributed by atoms with Crippen molar-refractivity contribution in [3.63, 3.8) is 0 Å². The Morgan fingerprint density at radius 2 is 2.06 bits per heavy atom. The van der Waals surface area contributed by atoms with Gasteiger partial charge in [0.15, 0.2) is 0 Å². The third-order valence-electron chi connectivity index (χ3n) is 3.49. The van der Waals surface area contributed by atoms with Gasteiger partial charge in [-0.3, -0.25) is 0 Å². The molecule has 2 rings (SSSR count). The van der Waals surface area contributed by atoms with E-state index in [2.05, 4.69) is 30.4 Å². The fourth-order valence-corrected chi connectivity index (χ4v) is 3.28. The van der Waals surface area contributed by atoms with Gasteiger partial charge < -0.3 is 10.5 Å². The lowest BCUT2D eigenvalue weighted by atomic mass is 9.87. The molecule has 2 heterocycles. The van der Waals surface area contributed by atoms with Gasteiger partial charge in [-0.05, 0) is 36.7 Å². The molecule has 0 bridgehead atoms. The minimum absolute atomic E-state index is 0.0234. The van der Waals surface area contributed by atoms with Crippen LogP contribution in [0.3, 0.4) is 0 Å². The monoisotopic (exact) mass is 269 g/mol. The molecule has 0 saturated carbocycles. The minimum atomic E-state index is 0.0234. The highest BCUT2D eigenvalue weighted by atomic mass is 32.1. The molecule has 1 aromatic rings. The van der Waals surface area contributed by atoms with Gasteiger partial charge in [0.05, 0.1) is 10.6 Å². The second kappa shape index (κ2) is 5.63. The SMILES string of the molecule is CC(C)(C)c1nnsc1C(N)CC1CCOCC1. The van der Waals surface area contributed by atoms with Gasteiger partial charge in [0.2, 0.25) is 0 Å². The highest BCUT2D eigenvalue weighted by molar-refractivity contribution is 7.05. The third kappa shape index (κ3) is 3.28. The molecule has 1 unspecified atom stereocenters. The first kappa shape index (κ1) is 13.9. The molecule has 1 saturated heterocycles. The summed E-state index contributed by atoms with van der Waals surface area (Å²) in [6, 6.07) is 0.0716. The fourth-order valence-electron chi connectivity index (χ4n) is 2.41. The van der Waals surface area contributed by atoms with Crippen molar-refractivity contribution in [1.29, 1.82) is 0 Å². The number of hydrogen-bond donors (Lipinski definition) is 1. The first-order chi connectivity index (χ1) is 8.48. The lowest BCUT2D eigenvalue weighted by molar-refractivity contribution is 0.0619. The van der Waals surface area contributed by atoms with Crippen LogP contribution in [0.1, 0.15) is 56.6 Å². The zero-order valence-electron chi connectivity index (χ0n) is 11.5. The van der Waals surface area contributed by atoms with Gasteiger partial charge >= 0.3 is 0 Å². The van der Waals surface area contributed by atoms with E-state index in [9.17, 15) is 0 Å².